The van der Waals surface area contributed by atoms with Crippen molar-refractivity contribution in [3.63, 3.8) is 0 Å². The molecule has 144 valence electrons. The molecule has 0 radical (unpaired) electrons. The minimum Gasteiger partial charge on any atom is -0.316 e. The molecule has 0 aliphatic heterocycles. The molecule has 0 fully saturated rings. The Morgan fingerprint density at radius 1 is 0.733 bits per heavy atom. The van der Waals surface area contributed by atoms with E-state index in [0.717, 1.165) is 5.56 Å². The van der Waals surface area contributed by atoms with Crippen LogP contribution in [0.25, 0.3) is 38.8 Å². The summed E-state index contributed by atoms with van der Waals surface area (Å²) in [5.74, 6) is 0. The summed E-state index contributed by atoms with van der Waals surface area (Å²) >= 11 is 0. The monoisotopic (exact) mass is 386 g/mol. The molecule has 30 heavy (non-hydrogen) atoms. The van der Waals surface area contributed by atoms with Crippen molar-refractivity contribution in [2.45, 2.75) is 19.3 Å². The third-order valence-electron chi connectivity index (χ3n) is 6.54. The lowest BCUT2D eigenvalue weighted by molar-refractivity contribution is 0.661. The molecule has 0 N–H and O–H groups in total. The van der Waals surface area contributed by atoms with Crippen LogP contribution in [-0.2, 0) is 5.41 Å². The number of nitrogens with zero attached hydrogens (tertiary/aromatic N) is 2. The second-order valence-corrected chi connectivity index (χ2v) is 8.57. The molecule has 0 unspecified atom stereocenters. The predicted octanol–water partition coefficient (Wildman–Crippen LogP) is 7.00. The van der Waals surface area contributed by atoms with Gasteiger partial charge in [0.05, 0.1) is 5.52 Å². The molecule has 0 amide bonds. The van der Waals surface area contributed by atoms with Crippen molar-refractivity contribution in [2.75, 3.05) is 0 Å². The fourth-order valence-corrected chi connectivity index (χ4v) is 4.98. The molecule has 6 rings (SSSR count). The summed E-state index contributed by atoms with van der Waals surface area (Å²) in [6, 6.07) is 28.5. The molecular formula is C28H22N2. The Labute approximate surface area is 176 Å². The largest absolute Gasteiger partial charge is 0.316 e. The van der Waals surface area contributed by atoms with Crippen LogP contribution in [0.15, 0.2) is 97.5 Å². The highest BCUT2D eigenvalue weighted by atomic mass is 15.0. The predicted molar refractivity (Wildman–Crippen MR) is 124 cm³/mol. The Morgan fingerprint density at radius 3 is 2.37 bits per heavy atom. The zero-order valence-electron chi connectivity index (χ0n) is 17.1. The van der Waals surface area contributed by atoms with Crippen molar-refractivity contribution in [1.82, 2.24) is 9.55 Å². The fourth-order valence-electron chi connectivity index (χ4n) is 4.98. The van der Waals surface area contributed by atoms with Crippen molar-refractivity contribution >= 4 is 10.9 Å². The average molecular weight is 386 g/mol. The third kappa shape index (κ3) is 2.34. The molecular weight excluding hydrogens is 364 g/mol. The van der Waals surface area contributed by atoms with Gasteiger partial charge in [0.15, 0.2) is 0 Å². The van der Waals surface area contributed by atoms with Crippen LogP contribution in [0.2, 0.25) is 0 Å². The van der Waals surface area contributed by atoms with Crippen LogP contribution in [0.1, 0.15) is 25.0 Å². The molecule has 0 saturated heterocycles. The lowest BCUT2D eigenvalue weighted by atomic mass is 9.82. The summed E-state index contributed by atoms with van der Waals surface area (Å²) < 4.78 is 2.33. The minimum atomic E-state index is 0.0133. The SMILES string of the molecule is CC1(C)c2ccccc2-c2c1ccc1ccn(-c3ccc(-c4cccnc4)cc3)c21. The van der Waals surface area contributed by atoms with Gasteiger partial charge in [0.2, 0.25) is 0 Å². The number of hydrogen-bond acceptors (Lipinski definition) is 1. The van der Waals surface area contributed by atoms with Crippen molar-refractivity contribution in [3.05, 3.63) is 109 Å². The fraction of sp³-hybridized carbons (Fsp3) is 0.107. The molecule has 0 saturated carbocycles. The van der Waals surface area contributed by atoms with Crippen LogP contribution in [0, 0.1) is 0 Å². The third-order valence-corrected chi connectivity index (χ3v) is 6.54. The van der Waals surface area contributed by atoms with Gasteiger partial charge >= 0.3 is 0 Å². The Bertz CT molecular complexity index is 1390. The quantitative estimate of drug-likeness (QED) is 0.319. The van der Waals surface area contributed by atoms with E-state index in [1.807, 2.05) is 18.5 Å². The lowest BCUT2D eigenvalue weighted by Crippen LogP contribution is -2.14. The van der Waals surface area contributed by atoms with Gasteiger partial charge in [-0.2, -0.15) is 0 Å². The number of fused-ring (bicyclic) bond motifs is 5. The van der Waals surface area contributed by atoms with Gasteiger partial charge in [0, 0.05) is 40.6 Å². The first-order chi connectivity index (χ1) is 14.6. The standard InChI is InChI=1S/C28H22N2/c1-28(2)24-8-4-3-7-23(24)26-25(28)14-11-20-15-17-30(27(20)26)22-12-9-19(10-13-22)21-6-5-16-29-18-21/h3-18H,1-2H3. The van der Waals surface area contributed by atoms with Gasteiger partial charge in [-0.3, -0.25) is 4.98 Å². The smallest absolute Gasteiger partial charge is 0.0610 e. The maximum atomic E-state index is 4.24. The normalized spacial score (nSPS) is 13.9. The second-order valence-electron chi connectivity index (χ2n) is 8.57. The molecule has 2 nitrogen and oxygen atoms in total. The zero-order chi connectivity index (χ0) is 20.3. The van der Waals surface area contributed by atoms with Crippen LogP contribution < -0.4 is 0 Å². The Kier molecular flexibility index (Phi) is 3.54. The maximum absolute atomic E-state index is 4.24. The summed E-state index contributed by atoms with van der Waals surface area (Å²) in [5.41, 5.74) is 10.3. The van der Waals surface area contributed by atoms with Gasteiger partial charge in [-0.1, -0.05) is 68.4 Å². The Balaban J connectivity index is 1.56. The maximum Gasteiger partial charge on any atom is 0.0610 e. The highest BCUT2D eigenvalue weighted by Crippen LogP contribution is 2.51. The molecule has 0 bridgehead atoms. The highest BCUT2D eigenvalue weighted by Gasteiger charge is 2.36. The van der Waals surface area contributed by atoms with E-state index in [4.69, 9.17) is 0 Å². The molecule has 2 aromatic heterocycles. The summed E-state index contributed by atoms with van der Waals surface area (Å²) in [6.07, 6.45) is 5.91. The van der Waals surface area contributed by atoms with Crippen LogP contribution >= 0.6 is 0 Å². The number of benzene rings is 3. The van der Waals surface area contributed by atoms with Gasteiger partial charge in [-0.15, -0.1) is 0 Å². The van der Waals surface area contributed by atoms with Crippen LogP contribution in [0.4, 0.5) is 0 Å². The molecule has 0 atom stereocenters. The van der Waals surface area contributed by atoms with Crippen molar-refractivity contribution in [2.24, 2.45) is 0 Å². The van der Waals surface area contributed by atoms with E-state index in [1.54, 1.807) is 0 Å². The van der Waals surface area contributed by atoms with Crippen molar-refractivity contribution < 1.29 is 0 Å². The molecule has 1 aliphatic rings. The first kappa shape index (κ1) is 17.2. The van der Waals surface area contributed by atoms with Gasteiger partial charge in [-0.05, 0) is 52.1 Å². The van der Waals surface area contributed by atoms with Gasteiger partial charge in [0.25, 0.3) is 0 Å². The molecule has 2 heterocycles. The Hall–Kier alpha value is -3.65. The number of aromatic nitrogens is 2. The molecule has 1 aliphatic carbocycles. The van der Waals surface area contributed by atoms with Crippen LogP contribution in [-0.4, -0.2) is 9.55 Å². The highest BCUT2D eigenvalue weighted by molar-refractivity contribution is 6.01. The summed E-state index contributed by atoms with van der Waals surface area (Å²) in [6.45, 7) is 4.67. The van der Waals surface area contributed by atoms with Gasteiger partial charge in [-0.25, -0.2) is 0 Å². The van der Waals surface area contributed by atoms with E-state index in [-0.39, 0.29) is 5.41 Å². The molecule has 0 spiro atoms. The van der Waals surface area contributed by atoms with E-state index in [9.17, 15) is 0 Å². The molecule has 3 aromatic carbocycles. The second kappa shape index (κ2) is 6.17. The van der Waals surface area contributed by atoms with E-state index < -0.39 is 0 Å². The van der Waals surface area contributed by atoms with E-state index in [1.165, 1.54) is 44.4 Å². The minimum absolute atomic E-state index is 0.0133. The average Bonchev–Trinajstić information content (AvgIpc) is 3.32. The van der Waals surface area contributed by atoms with Crippen LogP contribution in [0.3, 0.4) is 0 Å². The van der Waals surface area contributed by atoms with Gasteiger partial charge < -0.3 is 4.57 Å². The summed E-state index contributed by atoms with van der Waals surface area (Å²) in [4.78, 5) is 4.24. The van der Waals surface area contributed by atoms with E-state index >= 15 is 0 Å². The van der Waals surface area contributed by atoms with E-state index in [2.05, 4.69) is 102 Å². The van der Waals surface area contributed by atoms with Crippen molar-refractivity contribution in [3.8, 4) is 27.9 Å². The molecule has 2 heteroatoms. The topological polar surface area (TPSA) is 17.8 Å². The zero-order valence-corrected chi connectivity index (χ0v) is 17.1. The number of hydrogen-bond donors (Lipinski definition) is 0. The first-order valence-electron chi connectivity index (χ1n) is 10.4. The van der Waals surface area contributed by atoms with Gasteiger partial charge in [0.1, 0.15) is 0 Å². The number of rotatable bonds is 2. The van der Waals surface area contributed by atoms with E-state index in [0.29, 0.717) is 0 Å². The van der Waals surface area contributed by atoms with Crippen molar-refractivity contribution in [1.29, 1.82) is 0 Å². The molecule has 5 aromatic rings. The van der Waals surface area contributed by atoms with Crippen LogP contribution in [0.5, 0.6) is 0 Å². The lowest BCUT2D eigenvalue weighted by Gasteiger charge is -2.21. The Morgan fingerprint density at radius 2 is 1.57 bits per heavy atom. The summed E-state index contributed by atoms with van der Waals surface area (Å²) in [7, 11) is 0. The first-order valence-corrected chi connectivity index (χ1v) is 10.4. The number of pyridine rings is 1. The summed E-state index contributed by atoms with van der Waals surface area (Å²) in [5, 5.41) is 1.28.